The van der Waals surface area contributed by atoms with Gasteiger partial charge in [0.15, 0.2) is 11.6 Å². The van der Waals surface area contributed by atoms with Gasteiger partial charge in [0.05, 0.1) is 19.8 Å². The molecule has 0 radical (unpaired) electrons. The Balaban J connectivity index is 0.000000446. The number of nitrogens with zero attached hydrogens (tertiary/aromatic N) is 4. The van der Waals surface area contributed by atoms with Crippen molar-refractivity contribution in [3.05, 3.63) is 49.1 Å². The number of carbonyl (C=O) groups is 2. The summed E-state index contributed by atoms with van der Waals surface area (Å²) in [5.74, 6) is 0.843. The van der Waals surface area contributed by atoms with Gasteiger partial charge in [-0.15, -0.1) is 0 Å². The third kappa shape index (κ3) is 8.68. The van der Waals surface area contributed by atoms with E-state index < -0.39 is 11.9 Å². The lowest BCUT2D eigenvalue weighted by Crippen LogP contribution is -2.38. The molecule has 1 saturated heterocycles. The lowest BCUT2D eigenvalue weighted by molar-refractivity contribution is -0.135. The van der Waals surface area contributed by atoms with E-state index in [4.69, 9.17) is 29.3 Å². The Bertz CT molecular complexity index is 1000. The van der Waals surface area contributed by atoms with Crippen LogP contribution in [0.2, 0.25) is 0 Å². The molecule has 3 heterocycles. The minimum atomic E-state index is -0.833. The van der Waals surface area contributed by atoms with Crippen LogP contribution in [0.1, 0.15) is 20.3 Å². The molecule has 11 nitrogen and oxygen atoms in total. The summed E-state index contributed by atoms with van der Waals surface area (Å²) in [6.45, 7) is 5.64. The normalized spacial score (nSPS) is 14.7. The highest BCUT2D eigenvalue weighted by atomic mass is 16.5. The van der Waals surface area contributed by atoms with Crippen LogP contribution in [0.15, 0.2) is 49.1 Å². The molecule has 34 heavy (non-hydrogen) atoms. The van der Waals surface area contributed by atoms with Gasteiger partial charge in [-0.25, -0.2) is 9.97 Å². The Morgan fingerprint density at radius 3 is 2.29 bits per heavy atom. The average Bonchev–Trinajstić information content (AvgIpc) is 3.47. The standard InChI is InChI=1S/C19H23N5O2.2C2H4O2/c1-25-16-4-2-15(3-5-16)24-12-8-22-19(24)18-21-7-11-23(18)10-6-17-14-20-9-13-26-17;2*1-2(3)4/h2-5,7-8,11-12,17,20H,6,9-10,13-14H2,1H3;2*1H3,(H,3,4). The number of carboxylic acids is 2. The number of aryl methyl sites for hydroxylation is 1. The van der Waals surface area contributed by atoms with Crippen molar-refractivity contribution in [1.82, 2.24) is 24.4 Å². The number of morpholine rings is 1. The topological polar surface area (TPSA) is 141 Å². The van der Waals surface area contributed by atoms with Crippen LogP contribution in [-0.4, -0.2) is 74.2 Å². The Hall–Kier alpha value is -3.70. The van der Waals surface area contributed by atoms with Crippen LogP contribution in [0.4, 0.5) is 0 Å². The third-order valence-electron chi connectivity index (χ3n) is 4.60. The van der Waals surface area contributed by atoms with Gasteiger partial charge in [-0.2, -0.15) is 0 Å². The number of aromatic nitrogens is 4. The molecule has 1 fully saturated rings. The van der Waals surface area contributed by atoms with E-state index in [0.29, 0.717) is 0 Å². The number of methoxy groups -OCH3 is 1. The van der Waals surface area contributed by atoms with Gasteiger partial charge in [-0.3, -0.25) is 14.2 Å². The smallest absolute Gasteiger partial charge is 0.300 e. The highest BCUT2D eigenvalue weighted by Gasteiger charge is 2.17. The van der Waals surface area contributed by atoms with E-state index in [-0.39, 0.29) is 6.10 Å². The van der Waals surface area contributed by atoms with Gasteiger partial charge >= 0.3 is 0 Å². The molecule has 1 aliphatic rings. The van der Waals surface area contributed by atoms with Crippen LogP contribution in [0, 0.1) is 0 Å². The molecule has 1 atom stereocenters. The maximum atomic E-state index is 9.00. The minimum Gasteiger partial charge on any atom is -0.497 e. The van der Waals surface area contributed by atoms with Crippen LogP contribution in [0.3, 0.4) is 0 Å². The molecule has 0 amide bonds. The number of benzene rings is 1. The summed E-state index contributed by atoms with van der Waals surface area (Å²) in [5, 5.41) is 18.2. The Kier molecular flexibility index (Phi) is 10.7. The lowest BCUT2D eigenvalue weighted by Gasteiger charge is -2.23. The van der Waals surface area contributed by atoms with Gasteiger partial charge in [0.25, 0.3) is 11.9 Å². The number of carboxylic acid groups (broad SMARTS) is 2. The first-order valence-electron chi connectivity index (χ1n) is 10.7. The highest BCUT2D eigenvalue weighted by Crippen LogP contribution is 2.22. The van der Waals surface area contributed by atoms with Crippen molar-refractivity contribution in [1.29, 1.82) is 0 Å². The second-order valence-corrected chi connectivity index (χ2v) is 7.29. The molecular formula is C23H31N5O6. The summed E-state index contributed by atoms with van der Waals surface area (Å²) in [4.78, 5) is 27.1. The maximum Gasteiger partial charge on any atom is 0.300 e. The first kappa shape index (κ1) is 26.6. The van der Waals surface area contributed by atoms with Gasteiger partial charge < -0.3 is 29.6 Å². The van der Waals surface area contributed by atoms with Gasteiger partial charge in [0.1, 0.15) is 5.75 Å². The van der Waals surface area contributed by atoms with Gasteiger partial charge in [-0.1, -0.05) is 0 Å². The van der Waals surface area contributed by atoms with Crippen molar-refractivity contribution < 1.29 is 29.3 Å². The minimum absolute atomic E-state index is 0.250. The predicted molar refractivity (Wildman–Crippen MR) is 125 cm³/mol. The largest absolute Gasteiger partial charge is 0.497 e. The molecule has 2 aromatic heterocycles. The SMILES string of the molecule is CC(=O)O.CC(=O)O.COc1ccc(-n2ccnc2-c2nccn2CCC2CNCCO2)cc1. The first-order valence-corrected chi connectivity index (χ1v) is 10.7. The average molecular weight is 474 g/mol. The molecule has 1 unspecified atom stereocenters. The van der Waals surface area contributed by atoms with Gasteiger partial charge in [0, 0.05) is 64.0 Å². The second kappa shape index (κ2) is 13.8. The summed E-state index contributed by atoms with van der Waals surface area (Å²) in [7, 11) is 1.67. The van der Waals surface area contributed by atoms with Crippen LogP contribution >= 0.6 is 0 Å². The Labute approximate surface area is 198 Å². The molecule has 11 heteroatoms. The van der Waals surface area contributed by atoms with E-state index in [1.54, 1.807) is 13.3 Å². The monoisotopic (exact) mass is 473 g/mol. The fourth-order valence-electron chi connectivity index (χ4n) is 3.20. The van der Waals surface area contributed by atoms with E-state index in [1.165, 1.54) is 0 Å². The fraction of sp³-hybridized carbons (Fsp3) is 0.391. The Morgan fingerprint density at radius 1 is 1.09 bits per heavy atom. The number of ether oxygens (including phenoxy) is 2. The van der Waals surface area contributed by atoms with E-state index in [9.17, 15) is 0 Å². The molecule has 4 rings (SSSR count). The maximum absolute atomic E-state index is 9.00. The Morgan fingerprint density at radius 2 is 1.71 bits per heavy atom. The fourth-order valence-corrected chi connectivity index (χ4v) is 3.20. The lowest BCUT2D eigenvalue weighted by atomic mass is 10.2. The molecule has 0 aliphatic carbocycles. The van der Waals surface area contributed by atoms with E-state index >= 15 is 0 Å². The van der Waals surface area contributed by atoms with Crippen molar-refractivity contribution in [2.45, 2.75) is 32.9 Å². The zero-order valence-corrected chi connectivity index (χ0v) is 19.5. The number of rotatable bonds is 6. The quantitative estimate of drug-likeness (QED) is 0.492. The summed E-state index contributed by atoms with van der Waals surface area (Å²) >= 11 is 0. The van der Waals surface area contributed by atoms with Crippen LogP contribution in [0.25, 0.3) is 17.3 Å². The molecule has 1 aromatic carbocycles. The zero-order chi connectivity index (χ0) is 24.9. The van der Waals surface area contributed by atoms with Crippen molar-refractivity contribution in [3.8, 4) is 23.1 Å². The predicted octanol–water partition coefficient (Wildman–Crippen LogP) is 2.30. The second-order valence-electron chi connectivity index (χ2n) is 7.29. The molecule has 3 aromatic rings. The third-order valence-corrected chi connectivity index (χ3v) is 4.60. The summed E-state index contributed by atoms with van der Waals surface area (Å²) in [6, 6.07) is 7.91. The zero-order valence-electron chi connectivity index (χ0n) is 19.5. The number of hydrogen-bond acceptors (Lipinski definition) is 7. The van der Waals surface area contributed by atoms with Crippen molar-refractivity contribution >= 4 is 11.9 Å². The molecule has 0 bridgehead atoms. The van der Waals surface area contributed by atoms with Gasteiger partial charge in [-0.05, 0) is 30.7 Å². The van der Waals surface area contributed by atoms with E-state index in [1.807, 2.05) is 47.4 Å². The summed E-state index contributed by atoms with van der Waals surface area (Å²) in [5.41, 5.74) is 1.02. The molecule has 184 valence electrons. The van der Waals surface area contributed by atoms with Crippen LogP contribution in [-0.2, 0) is 20.9 Å². The number of hydrogen-bond donors (Lipinski definition) is 3. The highest BCUT2D eigenvalue weighted by molar-refractivity contribution is 5.63. The molecule has 0 spiro atoms. The van der Waals surface area contributed by atoms with Crippen molar-refractivity contribution in [2.75, 3.05) is 26.8 Å². The number of aliphatic carboxylic acids is 2. The van der Waals surface area contributed by atoms with Crippen LogP contribution in [0.5, 0.6) is 5.75 Å². The molecule has 0 saturated carbocycles. The number of imidazole rings is 2. The first-order chi connectivity index (χ1) is 16.3. The van der Waals surface area contributed by atoms with Gasteiger partial charge in [0.2, 0.25) is 0 Å². The summed E-state index contributed by atoms with van der Waals surface area (Å²) < 4.78 is 15.2. The molecule has 1 aliphatic heterocycles. The van der Waals surface area contributed by atoms with Crippen molar-refractivity contribution in [2.24, 2.45) is 0 Å². The van der Waals surface area contributed by atoms with Crippen molar-refractivity contribution in [3.63, 3.8) is 0 Å². The number of nitrogens with one attached hydrogen (secondary N) is 1. The van der Waals surface area contributed by atoms with E-state index in [2.05, 4.69) is 19.9 Å². The van der Waals surface area contributed by atoms with E-state index in [0.717, 1.165) is 69.6 Å². The molecular weight excluding hydrogens is 442 g/mol. The van der Waals surface area contributed by atoms with Crippen LogP contribution < -0.4 is 10.1 Å². The molecule has 3 N–H and O–H groups in total. The summed E-state index contributed by atoms with van der Waals surface area (Å²) in [6.07, 6.45) is 8.76.